The molecular formula is C7H6F2N2O2. The predicted molar refractivity (Wildman–Crippen MR) is 41.2 cm³/mol. The first-order valence-electron chi connectivity index (χ1n) is 3.26. The maximum Gasteiger partial charge on any atom is 0.316 e. The van der Waals surface area contributed by atoms with E-state index in [0.717, 1.165) is 12.1 Å². The number of nitrogens with two attached hydrogens (primary N) is 1. The smallest absolute Gasteiger partial charge is 0.316 e. The molecule has 0 saturated carbocycles. The van der Waals surface area contributed by atoms with Gasteiger partial charge in [0.15, 0.2) is 11.6 Å². The Labute approximate surface area is 72.0 Å². The predicted octanol–water partition coefficient (Wildman–Crippen LogP) is 1.16. The lowest BCUT2D eigenvalue weighted by molar-refractivity contribution is 0.259. The van der Waals surface area contributed by atoms with Gasteiger partial charge in [-0.15, -0.1) is 0 Å². The average Bonchev–Trinajstić information content (AvgIpc) is 2.06. The van der Waals surface area contributed by atoms with Crippen molar-refractivity contribution in [2.45, 2.75) is 0 Å². The van der Waals surface area contributed by atoms with E-state index < -0.39 is 23.4 Å². The third-order valence-corrected chi connectivity index (χ3v) is 1.33. The molecule has 1 aromatic rings. The molecule has 6 heteroatoms. The third-order valence-electron chi connectivity index (χ3n) is 1.33. The Kier molecular flexibility index (Phi) is 2.32. The van der Waals surface area contributed by atoms with Gasteiger partial charge in [-0.05, 0) is 12.1 Å². The van der Waals surface area contributed by atoms with Gasteiger partial charge >= 0.3 is 6.03 Å². The number of anilines is 1. The monoisotopic (exact) mass is 188 g/mol. The van der Waals surface area contributed by atoms with E-state index in [4.69, 9.17) is 10.8 Å². The molecule has 0 spiro atoms. The standard InChI is InChI=1S/C7H6F2N2O2/c8-3-1-2-4(11-7(10)13)6(12)5(3)9/h1-2,12H,(H3,10,11,13). The molecule has 1 aromatic carbocycles. The summed E-state index contributed by atoms with van der Waals surface area (Å²) < 4.78 is 25.0. The van der Waals surface area contributed by atoms with Crippen LogP contribution in [-0.2, 0) is 0 Å². The van der Waals surface area contributed by atoms with Crippen LogP contribution in [0.1, 0.15) is 0 Å². The van der Waals surface area contributed by atoms with Crippen molar-refractivity contribution >= 4 is 11.7 Å². The molecule has 0 aromatic heterocycles. The molecule has 13 heavy (non-hydrogen) atoms. The topological polar surface area (TPSA) is 75.4 Å². The van der Waals surface area contributed by atoms with Gasteiger partial charge in [0.25, 0.3) is 0 Å². The summed E-state index contributed by atoms with van der Waals surface area (Å²) in [5.41, 5.74) is 4.43. The minimum absolute atomic E-state index is 0.272. The second-order valence-corrected chi connectivity index (χ2v) is 2.25. The van der Waals surface area contributed by atoms with E-state index in [-0.39, 0.29) is 5.69 Å². The lowest BCUT2D eigenvalue weighted by atomic mass is 10.2. The number of nitrogens with one attached hydrogen (secondary N) is 1. The zero-order valence-electron chi connectivity index (χ0n) is 6.34. The fourth-order valence-corrected chi connectivity index (χ4v) is 0.774. The van der Waals surface area contributed by atoms with Crippen molar-refractivity contribution in [3.63, 3.8) is 0 Å². The second kappa shape index (κ2) is 3.26. The van der Waals surface area contributed by atoms with Crippen LogP contribution in [0.25, 0.3) is 0 Å². The number of urea groups is 1. The molecule has 1 rings (SSSR count). The van der Waals surface area contributed by atoms with Crippen LogP contribution in [0.4, 0.5) is 19.3 Å². The summed E-state index contributed by atoms with van der Waals surface area (Å²) in [4.78, 5) is 10.3. The van der Waals surface area contributed by atoms with Crippen molar-refractivity contribution in [3.05, 3.63) is 23.8 Å². The Bertz CT molecular complexity index is 355. The Morgan fingerprint density at radius 2 is 2.08 bits per heavy atom. The van der Waals surface area contributed by atoms with Gasteiger partial charge in [-0.25, -0.2) is 9.18 Å². The zero-order chi connectivity index (χ0) is 10.0. The van der Waals surface area contributed by atoms with Gasteiger partial charge in [-0.3, -0.25) is 0 Å². The number of phenolic OH excluding ortho intramolecular Hbond substituents is 1. The number of carbonyl (C=O) groups is 1. The highest BCUT2D eigenvalue weighted by molar-refractivity contribution is 5.89. The molecule has 0 unspecified atom stereocenters. The minimum Gasteiger partial charge on any atom is -0.503 e. The molecule has 0 aliphatic rings. The van der Waals surface area contributed by atoms with Crippen LogP contribution < -0.4 is 11.1 Å². The summed E-state index contributed by atoms with van der Waals surface area (Å²) in [5.74, 6) is -3.60. The number of halogens is 2. The third kappa shape index (κ3) is 1.84. The number of rotatable bonds is 1. The number of hydrogen-bond acceptors (Lipinski definition) is 2. The van der Waals surface area contributed by atoms with Crippen LogP contribution in [0.3, 0.4) is 0 Å². The van der Waals surface area contributed by atoms with Crippen molar-refractivity contribution < 1.29 is 18.7 Å². The Morgan fingerprint density at radius 1 is 1.46 bits per heavy atom. The molecule has 70 valence electrons. The molecule has 0 atom stereocenters. The van der Waals surface area contributed by atoms with Gasteiger partial charge in [0.1, 0.15) is 0 Å². The van der Waals surface area contributed by atoms with E-state index in [1.807, 2.05) is 5.32 Å². The summed E-state index contributed by atoms with van der Waals surface area (Å²) in [7, 11) is 0. The number of benzene rings is 1. The second-order valence-electron chi connectivity index (χ2n) is 2.25. The summed E-state index contributed by atoms with van der Waals surface area (Å²) in [6.45, 7) is 0. The van der Waals surface area contributed by atoms with Gasteiger partial charge in [0.05, 0.1) is 5.69 Å². The van der Waals surface area contributed by atoms with E-state index in [1.54, 1.807) is 0 Å². The number of hydrogen-bond donors (Lipinski definition) is 3. The Balaban J connectivity index is 3.10. The van der Waals surface area contributed by atoms with Gasteiger partial charge in [0.2, 0.25) is 5.82 Å². The van der Waals surface area contributed by atoms with Crippen LogP contribution in [0.2, 0.25) is 0 Å². The molecule has 4 N–H and O–H groups in total. The maximum absolute atomic E-state index is 12.6. The van der Waals surface area contributed by atoms with Crippen LogP contribution in [-0.4, -0.2) is 11.1 Å². The number of amides is 2. The van der Waals surface area contributed by atoms with Crippen LogP contribution in [0.5, 0.6) is 5.75 Å². The molecule has 4 nitrogen and oxygen atoms in total. The molecule has 0 aliphatic heterocycles. The van der Waals surface area contributed by atoms with Crippen molar-refractivity contribution in [2.75, 3.05) is 5.32 Å². The van der Waals surface area contributed by atoms with Crippen LogP contribution >= 0.6 is 0 Å². The van der Waals surface area contributed by atoms with Gasteiger partial charge in [0, 0.05) is 0 Å². The van der Waals surface area contributed by atoms with E-state index in [0.29, 0.717) is 0 Å². The summed E-state index contributed by atoms with van der Waals surface area (Å²) in [5, 5.41) is 10.9. The first-order valence-corrected chi connectivity index (χ1v) is 3.26. The summed E-state index contributed by atoms with van der Waals surface area (Å²) in [6, 6.07) is 0.792. The lowest BCUT2D eigenvalue weighted by Gasteiger charge is -2.04. The first kappa shape index (κ1) is 9.24. The normalized spacial score (nSPS) is 9.69. The van der Waals surface area contributed by atoms with Crippen LogP contribution in [0, 0.1) is 11.6 Å². The summed E-state index contributed by atoms with van der Waals surface area (Å²) >= 11 is 0. The molecular weight excluding hydrogens is 182 g/mol. The maximum atomic E-state index is 12.6. The lowest BCUT2D eigenvalue weighted by Crippen LogP contribution is -2.19. The fraction of sp³-hybridized carbons (Fsp3) is 0. The highest BCUT2D eigenvalue weighted by Crippen LogP contribution is 2.27. The van der Waals surface area contributed by atoms with Crippen molar-refractivity contribution in [2.24, 2.45) is 5.73 Å². The van der Waals surface area contributed by atoms with Gasteiger partial charge in [-0.1, -0.05) is 0 Å². The first-order chi connectivity index (χ1) is 6.02. The highest BCUT2D eigenvalue weighted by Gasteiger charge is 2.12. The highest BCUT2D eigenvalue weighted by atomic mass is 19.2. The SMILES string of the molecule is NC(=O)Nc1ccc(F)c(F)c1O. The molecule has 0 fully saturated rings. The Hall–Kier alpha value is -1.85. The number of carbonyl (C=O) groups excluding carboxylic acids is 1. The van der Waals surface area contributed by atoms with Crippen molar-refractivity contribution in [3.8, 4) is 5.75 Å². The van der Waals surface area contributed by atoms with Gasteiger partial charge < -0.3 is 16.2 Å². The molecule has 0 heterocycles. The quantitative estimate of drug-likeness (QED) is 0.578. The van der Waals surface area contributed by atoms with Crippen molar-refractivity contribution in [1.82, 2.24) is 0 Å². The average molecular weight is 188 g/mol. The summed E-state index contributed by atoms with van der Waals surface area (Å²) in [6.07, 6.45) is 0. The molecule has 2 amide bonds. The fourth-order valence-electron chi connectivity index (χ4n) is 0.774. The van der Waals surface area contributed by atoms with E-state index in [9.17, 15) is 13.6 Å². The molecule has 0 bridgehead atoms. The van der Waals surface area contributed by atoms with E-state index in [2.05, 4.69) is 0 Å². The number of primary amides is 1. The van der Waals surface area contributed by atoms with Crippen LogP contribution in [0.15, 0.2) is 12.1 Å². The number of aromatic hydroxyl groups is 1. The Morgan fingerprint density at radius 3 is 2.62 bits per heavy atom. The largest absolute Gasteiger partial charge is 0.503 e. The van der Waals surface area contributed by atoms with Gasteiger partial charge in [-0.2, -0.15) is 4.39 Å². The minimum atomic E-state index is -1.42. The zero-order valence-corrected chi connectivity index (χ0v) is 6.34. The van der Waals surface area contributed by atoms with E-state index >= 15 is 0 Å². The molecule has 0 saturated heterocycles. The van der Waals surface area contributed by atoms with E-state index in [1.165, 1.54) is 0 Å². The molecule has 0 radical (unpaired) electrons. The number of phenols is 1. The molecule has 0 aliphatic carbocycles. The van der Waals surface area contributed by atoms with Crippen molar-refractivity contribution in [1.29, 1.82) is 0 Å².